The molecule has 4 nitrogen and oxygen atoms in total. The first-order valence-electron chi connectivity index (χ1n) is 6.84. The molecule has 1 aliphatic rings. The minimum atomic E-state index is 0.0411. The van der Waals surface area contributed by atoms with Gasteiger partial charge in [0.2, 0.25) is 5.91 Å². The number of nitrogens with one attached hydrogen (secondary N) is 1. The molecule has 0 saturated heterocycles. The van der Waals surface area contributed by atoms with Crippen molar-refractivity contribution in [2.24, 2.45) is 11.7 Å². The van der Waals surface area contributed by atoms with Crippen molar-refractivity contribution in [3.63, 3.8) is 0 Å². The minimum Gasteiger partial charge on any atom is -0.380 e. The van der Waals surface area contributed by atoms with E-state index in [2.05, 4.69) is 5.32 Å². The van der Waals surface area contributed by atoms with E-state index in [1.807, 2.05) is 24.3 Å². The van der Waals surface area contributed by atoms with E-state index in [0.29, 0.717) is 6.61 Å². The summed E-state index contributed by atoms with van der Waals surface area (Å²) in [6.45, 7) is 0.501. The van der Waals surface area contributed by atoms with Crippen molar-refractivity contribution in [1.82, 2.24) is 0 Å². The Morgan fingerprint density at radius 1 is 1.42 bits per heavy atom. The maximum absolute atomic E-state index is 12.3. The summed E-state index contributed by atoms with van der Waals surface area (Å²) < 4.78 is 5.14. The standard InChI is InChI=1S/C15H22N2O2/c1-19-10-12-5-2-3-8-14(12)17-15(18)11-6-4-7-13(16)9-11/h2-3,5,8,11,13H,4,6-7,9-10,16H2,1H3,(H,17,18). The van der Waals surface area contributed by atoms with Crippen LogP contribution >= 0.6 is 0 Å². The molecule has 2 atom stereocenters. The van der Waals surface area contributed by atoms with Gasteiger partial charge in [0, 0.05) is 30.3 Å². The number of amides is 1. The van der Waals surface area contributed by atoms with E-state index in [0.717, 1.165) is 36.9 Å². The van der Waals surface area contributed by atoms with Crippen LogP contribution in [0.2, 0.25) is 0 Å². The SMILES string of the molecule is COCc1ccccc1NC(=O)C1CCCC(N)C1. The highest BCUT2D eigenvalue weighted by Gasteiger charge is 2.25. The molecule has 0 aliphatic heterocycles. The van der Waals surface area contributed by atoms with Gasteiger partial charge in [-0.25, -0.2) is 0 Å². The Balaban J connectivity index is 2.02. The van der Waals surface area contributed by atoms with E-state index in [-0.39, 0.29) is 17.9 Å². The number of nitrogens with two attached hydrogens (primary N) is 1. The van der Waals surface area contributed by atoms with Gasteiger partial charge in [-0.2, -0.15) is 0 Å². The van der Waals surface area contributed by atoms with Crippen LogP contribution in [0.1, 0.15) is 31.2 Å². The molecule has 0 spiro atoms. The van der Waals surface area contributed by atoms with Crippen LogP contribution in [0.3, 0.4) is 0 Å². The van der Waals surface area contributed by atoms with Crippen LogP contribution in [0, 0.1) is 5.92 Å². The molecular formula is C15H22N2O2. The molecule has 1 amide bonds. The lowest BCUT2D eigenvalue weighted by molar-refractivity contribution is -0.120. The Bertz CT molecular complexity index is 434. The summed E-state index contributed by atoms with van der Waals surface area (Å²) in [4.78, 5) is 12.3. The topological polar surface area (TPSA) is 64.3 Å². The molecule has 4 heteroatoms. The van der Waals surface area contributed by atoms with E-state index in [1.165, 1.54) is 0 Å². The molecule has 2 rings (SSSR count). The first-order chi connectivity index (χ1) is 9.20. The second-order valence-electron chi connectivity index (χ2n) is 5.20. The molecule has 1 aromatic carbocycles. The van der Waals surface area contributed by atoms with E-state index in [9.17, 15) is 4.79 Å². The van der Waals surface area contributed by atoms with Crippen molar-refractivity contribution in [3.05, 3.63) is 29.8 Å². The fraction of sp³-hybridized carbons (Fsp3) is 0.533. The predicted octanol–water partition coefficient (Wildman–Crippen LogP) is 2.29. The lowest BCUT2D eigenvalue weighted by atomic mass is 9.85. The molecule has 0 radical (unpaired) electrons. The highest BCUT2D eigenvalue weighted by atomic mass is 16.5. The molecule has 0 bridgehead atoms. The maximum atomic E-state index is 12.3. The fourth-order valence-corrected chi connectivity index (χ4v) is 2.62. The first kappa shape index (κ1) is 14.0. The third-order valence-corrected chi connectivity index (χ3v) is 3.66. The molecule has 1 aliphatic carbocycles. The Labute approximate surface area is 114 Å². The molecule has 1 saturated carbocycles. The number of methoxy groups -OCH3 is 1. The van der Waals surface area contributed by atoms with Crippen molar-refractivity contribution in [2.45, 2.75) is 38.3 Å². The van der Waals surface area contributed by atoms with Crippen LogP contribution in [0.15, 0.2) is 24.3 Å². The Morgan fingerprint density at radius 3 is 2.95 bits per heavy atom. The summed E-state index contributed by atoms with van der Waals surface area (Å²) in [5.74, 6) is 0.123. The zero-order chi connectivity index (χ0) is 13.7. The number of rotatable bonds is 4. The third kappa shape index (κ3) is 3.78. The van der Waals surface area contributed by atoms with Gasteiger partial charge in [0.05, 0.1) is 6.61 Å². The smallest absolute Gasteiger partial charge is 0.227 e. The molecule has 19 heavy (non-hydrogen) atoms. The molecular weight excluding hydrogens is 240 g/mol. The number of para-hydroxylation sites is 1. The average Bonchev–Trinajstić information content (AvgIpc) is 2.41. The van der Waals surface area contributed by atoms with E-state index >= 15 is 0 Å². The van der Waals surface area contributed by atoms with Crippen LogP contribution < -0.4 is 11.1 Å². The predicted molar refractivity (Wildman–Crippen MR) is 75.7 cm³/mol. The molecule has 3 N–H and O–H groups in total. The number of ether oxygens (including phenoxy) is 1. The van der Waals surface area contributed by atoms with Gasteiger partial charge < -0.3 is 15.8 Å². The molecule has 0 heterocycles. The Kier molecular flexibility index (Phi) is 4.93. The Morgan fingerprint density at radius 2 is 2.21 bits per heavy atom. The highest BCUT2D eigenvalue weighted by Crippen LogP contribution is 2.25. The van der Waals surface area contributed by atoms with Crippen molar-refractivity contribution >= 4 is 11.6 Å². The number of carbonyl (C=O) groups is 1. The number of hydrogen-bond donors (Lipinski definition) is 2. The van der Waals surface area contributed by atoms with Gasteiger partial charge in [0.25, 0.3) is 0 Å². The third-order valence-electron chi connectivity index (χ3n) is 3.66. The van der Waals surface area contributed by atoms with E-state index < -0.39 is 0 Å². The van der Waals surface area contributed by atoms with Crippen LogP contribution in [0.5, 0.6) is 0 Å². The van der Waals surface area contributed by atoms with Crippen LogP contribution in [-0.4, -0.2) is 19.1 Å². The molecule has 104 valence electrons. The van der Waals surface area contributed by atoms with Crippen molar-refractivity contribution < 1.29 is 9.53 Å². The summed E-state index contributed by atoms with van der Waals surface area (Å²) >= 11 is 0. The van der Waals surface area contributed by atoms with Crippen LogP contribution in [0.25, 0.3) is 0 Å². The van der Waals surface area contributed by atoms with Crippen LogP contribution in [-0.2, 0) is 16.1 Å². The van der Waals surface area contributed by atoms with E-state index in [4.69, 9.17) is 10.5 Å². The van der Waals surface area contributed by atoms with Crippen molar-refractivity contribution in [2.75, 3.05) is 12.4 Å². The van der Waals surface area contributed by atoms with E-state index in [1.54, 1.807) is 7.11 Å². The Hall–Kier alpha value is -1.39. The van der Waals surface area contributed by atoms with Gasteiger partial charge >= 0.3 is 0 Å². The summed E-state index contributed by atoms with van der Waals surface area (Å²) in [7, 11) is 1.65. The number of hydrogen-bond acceptors (Lipinski definition) is 3. The maximum Gasteiger partial charge on any atom is 0.227 e. The molecule has 1 fully saturated rings. The first-order valence-corrected chi connectivity index (χ1v) is 6.84. The monoisotopic (exact) mass is 262 g/mol. The highest BCUT2D eigenvalue weighted by molar-refractivity contribution is 5.93. The van der Waals surface area contributed by atoms with Crippen LogP contribution in [0.4, 0.5) is 5.69 Å². The normalized spacial score (nSPS) is 23.1. The van der Waals surface area contributed by atoms with Gasteiger partial charge in [-0.1, -0.05) is 24.6 Å². The number of carbonyl (C=O) groups excluding carboxylic acids is 1. The molecule has 1 aromatic rings. The van der Waals surface area contributed by atoms with Gasteiger partial charge in [-0.3, -0.25) is 4.79 Å². The zero-order valence-corrected chi connectivity index (χ0v) is 11.4. The lowest BCUT2D eigenvalue weighted by Crippen LogP contribution is -2.34. The van der Waals surface area contributed by atoms with Gasteiger partial charge in [-0.05, 0) is 25.3 Å². The molecule has 2 unspecified atom stereocenters. The minimum absolute atomic E-state index is 0.0411. The average molecular weight is 262 g/mol. The second-order valence-corrected chi connectivity index (χ2v) is 5.20. The summed E-state index contributed by atoms with van der Waals surface area (Å²) in [6.07, 6.45) is 3.80. The van der Waals surface area contributed by atoms with Gasteiger partial charge in [0.15, 0.2) is 0 Å². The number of anilines is 1. The van der Waals surface area contributed by atoms with Gasteiger partial charge in [-0.15, -0.1) is 0 Å². The number of benzene rings is 1. The summed E-state index contributed by atoms with van der Waals surface area (Å²) in [5.41, 5.74) is 7.77. The van der Waals surface area contributed by atoms with Gasteiger partial charge in [0.1, 0.15) is 0 Å². The summed E-state index contributed by atoms with van der Waals surface area (Å²) in [5, 5.41) is 3.01. The van der Waals surface area contributed by atoms with Crippen molar-refractivity contribution in [3.8, 4) is 0 Å². The quantitative estimate of drug-likeness (QED) is 0.875. The largest absolute Gasteiger partial charge is 0.380 e. The second kappa shape index (κ2) is 6.68. The molecule has 0 aromatic heterocycles. The zero-order valence-electron chi connectivity index (χ0n) is 11.4. The van der Waals surface area contributed by atoms with Crippen molar-refractivity contribution in [1.29, 1.82) is 0 Å². The lowest BCUT2D eigenvalue weighted by Gasteiger charge is -2.26. The fourth-order valence-electron chi connectivity index (χ4n) is 2.62. The summed E-state index contributed by atoms with van der Waals surface area (Å²) in [6, 6.07) is 7.90.